The van der Waals surface area contributed by atoms with Gasteiger partial charge in [-0.1, -0.05) is 0 Å². The van der Waals surface area contributed by atoms with Crippen molar-refractivity contribution in [2.24, 2.45) is 5.73 Å². The molecule has 1 amide bonds. The van der Waals surface area contributed by atoms with Crippen LogP contribution in [0.15, 0.2) is 24.3 Å². The van der Waals surface area contributed by atoms with Crippen LogP contribution >= 0.6 is 0 Å². The van der Waals surface area contributed by atoms with E-state index in [0.29, 0.717) is 5.56 Å². The second kappa shape index (κ2) is 3.82. The summed E-state index contributed by atoms with van der Waals surface area (Å²) in [5.74, 6) is -0.656. The van der Waals surface area contributed by atoms with Crippen LogP contribution < -0.4 is 11.1 Å². The average Bonchev–Trinajstić information content (AvgIpc) is 2.06. The molecule has 0 aromatic heterocycles. The van der Waals surface area contributed by atoms with E-state index in [1.54, 1.807) is 0 Å². The van der Waals surface area contributed by atoms with Crippen LogP contribution in [0.3, 0.4) is 0 Å². The van der Waals surface area contributed by atoms with E-state index in [-0.39, 0.29) is 18.4 Å². The average molecular weight is 167 g/mol. The number of benzene rings is 1. The summed E-state index contributed by atoms with van der Waals surface area (Å²) in [5, 5.41) is 2.40. The van der Waals surface area contributed by atoms with Gasteiger partial charge in [0.2, 0.25) is 0 Å². The third-order valence-corrected chi connectivity index (χ3v) is 1.37. The van der Waals surface area contributed by atoms with Gasteiger partial charge in [-0.05, 0) is 24.3 Å². The fourth-order valence-corrected chi connectivity index (χ4v) is 0.796. The third kappa shape index (κ3) is 2.03. The minimum Gasteiger partial charge on any atom is -0.340 e. The highest BCUT2D eigenvalue weighted by Gasteiger charge is 2.02. The van der Waals surface area contributed by atoms with Crippen molar-refractivity contribution in [3.05, 3.63) is 35.6 Å². The lowest BCUT2D eigenvalue weighted by atomic mass is 10.2. The number of amides is 1. The van der Waals surface area contributed by atoms with Gasteiger partial charge in [0.1, 0.15) is 5.82 Å². The lowest BCUT2D eigenvalue weighted by Crippen LogP contribution is -2.29. The Labute approximate surface area is 69.4 Å². The molecule has 0 aliphatic carbocycles. The Balaban J connectivity index is 2.75. The Hall–Kier alpha value is -1.42. The minimum atomic E-state index is -0.362. The Morgan fingerprint density at radius 2 is 2.00 bits per heavy atom. The first-order valence-electron chi connectivity index (χ1n) is 3.48. The van der Waals surface area contributed by atoms with E-state index in [1.807, 2.05) is 0 Å². The summed E-state index contributed by atoms with van der Waals surface area (Å²) < 4.78 is 12.4. The van der Waals surface area contributed by atoms with Crippen LogP contribution in [0.25, 0.3) is 0 Å². The summed E-state index contributed by atoms with van der Waals surface area (Å²) in [6.07, 6.45) is 0. The van der Waals surface area contributed by atoms with Crippen LogP contribution in [0, 0.1) is 5.82 Å². The standard InChI is InChI=1S/C8H9FN2O/c9-7-3-1-6(2-4-7)8(12)11-5-10/h1-4H,5,10H2,(H,11,12)/i9-1. The molecule has 64 valence electrons. The number of halogens is 1. The number of rotatable bonds is 2. The first kappa shape index (κ1) is 8.67. The van der Waals surface area contributed by atoms with E-state index >= 15 is 0 Å². The van der Waals surface area contributed by atoms with Crippen molar-refractivity contribution in [2.75, 3.05) is 6.67 Å². The molecule has 0 saturated carbocycles. The summed E-state index contributed by atoms with van der Waals surface area (Å²) >= 11 is 0. The molecular weight excluding hydrogens is 158 g/mol. The van der Waals surface area contributed by atoms with Gasteiger partial charge in [-0.3, -0.25) is 4.79 Å². The number of hydrogen-bond donors (Lipinski definition) is 2. The second-order valence-corrected chi connectivity index (χ2v) is 2.22. The summed E-state index contributed by atoms with van der Waals surface area (Å²) in [6, 6.07) is 5.26. The largest absolute Gasteiger partial charge is 0.340 e. The lowest BCUT2D eigenvalue weighted by molar-refractivity contribution is 0.0955. The molecule has 0 radical (unpaired) electrons. The van der Waals surface area contributed by atoms with E-state index in [0.717, 1.165) is 0 Å². The molecule has 0 saturated heterocycles. The number of hydrogen-bond acceptors (Lipinski definition) is 2. The predicted molar refractivity (Wildman–Crippen MR) is 42.9 cm³/mol. The van der Waals surface area contributed by atoms with Gasteiger partial charge >= 0.3 is 0 Å². The summed E-state index contributed by atoms with van der Waals surface area (Å²) in [7, 11) is 0. The van der Waals surface area contributed by atoms with E-state index in [2.05, 4.69) is 5.32 Å². The maximum absolute atomic E-state index is 12.4. The molecule has 4 heteroatoms. The normalized spacial score (nSPS) is 9.50. The number of carbonyl (C=O) groups excluding carboxylic acids is 1. The van der Waals surface area contributed by atoms with Gasteiger partial charge in [-0.2, -0.15) is 0 Å². The molecule has 12 heavy (non-hydrogen) atoms. The first-order chi connectivity index (χ1) is 5.74. The molecule has 1 rings (SSSR count). The van der Waals surface area contributed by atoms with Crippen molar-refractivity contribution in [3.63, 3.8) is 0 Å². The molecule has 3 nitrogen and oxygen atoms in total. The van der Waals surface area contributed by atoms with Gasteiger partial charge in [0, 0.05) is 5.56 Å². The molecule has 0 aliphatic rings. The number of nitrogens with two attached hydrogens (primary N) is 1. The Bertz CT molecular complexity index is 271. The Morgan fingerprint density at radius 1 is 1.42 bits per heavy atom. The zero-order valence-corrected chi connectivity index (χ0v) is 6.38. The molecule has 0 unspecified atom stereocenters. The summed E-state index contributed by atoms with van der Waals surface area (Å²) in [5.41, 5.74) is 5.50. The van der Waals surface area contributed by atoms with Gasteiger partial charge < -0.3 is 11.1 Å². The van der Waals surface area contributed by atoms with Crippen LogP contribution in [0.1, 0.15) is 10.4 Å². The summed E-state index contributed by atoms with van der Waals surface area (Å²) in [6.45, 7) is 0.0796. The molecule has 1 aromatic carbocycles. The van der Waals surface area contributed by atoms with Crippen LogP contribution in [-0.2, 0) is 0 Å². The number of nitrogens with one attached hydrogen (secondary N) is 1. The molecule has 0 fully saturated rings. The quantitative estimate of drug-likeness (QED) is 0.629. The second-order valence-electron chi connectivity index (χ2n) is 2.22. The topological polar surface area (TPSA) is 55.1 Å². The van der Waals surface area contributed by atoms with Crippen LogP contribution in [0.5, 0.6) is 0 Å². The van der Waals surface area contributed by atoms with Gasteiger partial charge in [-0.25, -0.2) is 4.39 Å². The van der Waals surface area contributed by atoms with Crippen molar-refractivity contribution >= 4 is 5.91 Å². The molecule has 0 heterocycles. The van der Waals surface area contributed by atoms with E-state index in [9.17, 15) is 9.18 Å². The fraction of sp³-hybridized carbons (Fsp3) is 0.125. The minimum absolute atomic E-state index is 0.0796. The van der Waals surface area contributed by atoms with Gasteiger partial charge in [0.05, 0.1) is 6.67 Å². The maximum Gasteiger partial charge on any atom is 0.252 e. The molecule has 0 aliphatic heterocycles. The van der Waals surface area contributed by atoms with E-state index < -0.39 is 0 Å². The number of carbonyl (C=O) groups is 1. The SMILES string of the molecule is NCNC(=O)c1ccc([18F])cc1. The Kier molecular flexibility index (Phi) is 2.76. The smallest absolute Gasteiger partial charge is 0.252 e. The molecule has 0 spiro atoms. The highest BCUT2D eigenvalue weighted by molar-refractivity contribution is 5.94. The highest BCUT2D eigenvalue weighted by atomic mass is 18.2. The fourth-order valence-electron chi connectivity index (χ4n) is 0.796. The molecule has 3 N–H and O–H groups in total. The van der Waals surface area contributed by atoms with Gasteiger partial charge in [0.25, 0.3) is 5.91 Å². The van der Waals surface area contributed by atoms with Gasteiger partial charge in [-0.15, -0.1) is 0 Å². The molecular formula is C8H9FN2O. The van der Waals surface area contributed by atoms with Crippen molar-refractivity contribution in [1.29, 1.82) is 0 Å². The summed E-state index contributed by atoms with van der Waals surface area (Å²) in [4.78, 5) is 11.0. The lowest BCUT2D eigenvalue weighted by Gasteiger charge is -2.00. The maximum atomic E-state index is 12.4. The van der Waals surface area contributed by atoms with Crippen molar-refractivity contribution in [3.8, 4) is 0 Å². The monoisotopic (exact) mass is 167 g/mol. The van der Waals surface area contributed by atoms with E-state index in [1.165, 1.54) is 24.3 Å². The van der Waals surface area contributed by atoms with Gasteiger partial charge in [0.15, 0.2) is 0 Å². The molecule has 0 bridgehead atoms. The van der Waals surface area contributed by atoms with Crippen LogP contribution in [0.4, 0.5) is 4.39 Å². The third-order valence-electron chi connectivity index (χ3n) is 1.37. The zero-order chi connectivity index (χ0) is 8.97. The predicted octanol–water partition coefficient (Wildman–Crippen LogP) is 0.472. The van der Waals surface area contributed by atoms with Crippen LogP contribution in [-0.4, -0.2) is 12.6 Å². The van der Waals surface area contributed by atoms with E-state index in [4.69, 9.17) is 5.73 Å². The molecule has 0 atom stereocenters. The van der Waals surface area contributed by atoms with Crippen molar-refractivity contribution < 1.29 is 9.18 Å². The Morgan fingerprint density at radius 3 is 2.50 bits per heavy atom. The molecule has 1 aromatic rings. The van der Waals surface area contributed by atoms with Crippen molar-refractivity contribution in [2.45, 2.75) is 0 Å². The first-order valence-corrected chi connectivity index (χ1v) is 3.48. The zero-order valence-electron chi connectivity index (χ0n) is 6.38. The highest BCUT2D eigenvalue weighted by Crippen LogP contribution is 2.01. The van der Waals surface area contributed by atoms with Crippen molar-refractivity contribution in [1.82, 2.24) is 5.32 Å². The van der Waals surface area contributed by atoms with Crippen LogP contribution in [0.2, 0.25) is 0 Å².